The van der Waals surface area contributed by atoms with Crippen LogP contribution in [0.3, 0.4) is 0 Å². The second kappa shape index (κ2) is 6.61. The highest BCUT2D eigenvalue weighted by molar-refractivity contribution is 4.86. The van der Waals surface area contributed by atoms with Crippen molar-refractivity contribution < 1.29 is 0 Å². The number of hydrogen-bond donors (Lipinski definition) is 1. The molecule has 0 aromatic heterocycles. The molecular weight excluding hydrogens is 196 g/mol. The lowest BCUT2D eigenvalue weighted by Crippen LogP contribution is -2.45. The van der Waals surface area contributed by atoms with E-state index in [9.17, 15) is 0 Å². The Hall–Kier alpha value is -0.0800. The van der Waals surface area contributed by atoms with Crippen molar-refractivity contribution in [3.05, 3.63) is 0 Å². The van der Waals surface area contributed by atoms with Crippen molar-refractivity contribution in [3.63, 3.8) is 0 Å². The van der Waals surface area contributed by atoms with Gasteiger partial charge in [-0.25, -0.2) is 0 Å². The largest absolute Gasteiger partial charge is 0.313 e. The molecule has 1 rings (SSSR count). The summed E-state index contributed by atoms with van der Waals surface area (Å²) in [4.78, 5) is 2.73. The smallest absolute Gasteiger partial charge is 0.0223 e. The highest BCUT2D eigenvalue weighted by atomic mass is 15.2. The van der Waals surface area contributed by atoms with E-state index in [0.717, 1.165) is 24.5 Å². The van der Waals surface area contributed by atoms with Crippen LogP contribution in [0.5, 0.6) is 0 Å². The van der Waals surface area contributed by atoms with Crippen LogP contribution in [0, 0.1) is 5.92 Å². The number of rotatable bonds is 6. The maximum absolute atomic E-state index is 3.60. The first-order valence-corrected chi connectivity index (χ1v) is 7.03. The summed E-state index contributed by atoms with van der Waals surface area (Å²) in [7, 11) is 0. The first kappa shape index (κ1) is 14.0. The minimum Gasteiger partial charge on any atom is -0.313 e. The van der Waals surface area contributed by atoms with E-state index in [1.165, 1.54) is 25.8 Å². The molecule has 3 atom stereocenters. The summed E-state index contributed by atoms with van der Waals surface area (Å²) < 4.78 is 0. The molecule has 1 fully saturated rings. The fourth-order valence-electron chi connectivity index (χ4n) is 2.93. The highest BCUT2D eigenvalue weighted by Crippen LogP contribution is 2.25. The molecule has 0 aromatic carbocycles. The maximum Gasteiger partial charge on any atom is 0.0223 e. The molecular formula is C14H30N2. The number of hydrogen-bond acceptors (Lipinski definition) is 2. The standard InChI is InChI=1S/C14H30N2/c1-6-7-14(9-15-11(2)3)16-10-12(4)8-13(16)5/h11-15H,6-10H2,1-5H3. The molecule has 0 radical (unpaired) electrons. The lowest BCUT2D eigenvalue weighted by molar-refractivity contribution is 0.170. The van der Waals surface area contributed by atoms with Crippen LogP contribution in [0.1, 0.15) is 53.9 Å². The lowest BCUT2D eigenvalue weighted by Gasteiger charge is -2.32. The van der Waals surface area contributed by atoms with Crippen molar-refractivity contribution >= 4 is 0 Å². The minimum absolute atomic E-state index is 0.606. The number of likely N-dealkylation sites (tertiary alicyclic amines) is 1. The van der Waals surface area contributed by atoms with Gasteiger partial charge in [-0.3, -0.25) is 4.90 Å². The van der Waals surface area contributed by atoms with E-state index in [4.69, 9.17) is 0 Å². The molecule has 0 amide bonds. The summed E-state index contributed by atoms with van der Waals surface area (Å²) in [6.45, 7) is 14.0. The topological polar surface area (TPSA) is 15.3 Å². The molecule has 1 saturated heterocycles. The number of nitrogens with one attached hydrogen (secondary N) is 1. The fraction of sp³-hybridized carbons (Fsp3) is 1.00. The zero-order valence-electron chi connectivity index (χ0n) is 11.8. The predicted octanol–water partition coefficient (Wildman–Crippen LogP) is 2.88. The second-order valence-corrected chi connectivity index (χ2v) is 5.89. The van der Waals surface area contributed by atoms with Gasteiger partial charge in [-0.1, -0.05) is 34.1 Å². The van der Waals surface area contributed by atoms with Crippen molar-refractivity contribution in [1.82, 2.24) is 10.2 Å². The Morgan fingerprint density at radius 1 is 1.31 bits per heavy atom. The second-order valence-electron chi connectivity index (χ2n) is 5.89. The quantitative estimate of drug-likeness (QED) is 0.749. The highest BCUT2D eigenvalue weighted by Gasteiger charge is 2.30. The molecule has 1 heterocycles. The van der Waals surface area contributed by atoms with Gasteiger partial charge in [0.05, 0.1) is 0 Å². The third kappa shape index (κ3) is 4.06. The van der Waals surface area contributed by atoms with E-state index in [1.54, 1.807) is 0 Å². The molecule has 96 valence electrons. The van der Waals surface area contributed by atoms with Gasteiger partial charge >= 0.3 is 0 Å². The summed E-state index contributed by atoms with van der Waals surface area (Å²) >= 11 is 0. The van der Waals surface area contributed by atoms with Gasteiger partial charge in [0.1, 0.15) is 0 Å². The maximum atomic E-state index is 3.60. The van der Waals surface area contributed by atoms with Crippen molar-refractivity contribution in [2.24, 2.45) is 5.92 Å². The lowest BCUT2D eigenvalue weighted by atomic mass is 10.1. The molecule has 1 aliphatic heterocycles. The molecule has 2 nitrogen and oxygen atoms in total. The van der Waals surface area contributed by atoms with Gasteiger partial charge < -0.3 is 5.32 Å². The Morgan fingerprint density at radius 2 is 2.00 bits per heavy atom. The Morgan fingerprint density at radius 3 is 2.44 bits per heavy atom. The molecule has 0 spiro atoms. The zero-order valence-corrected chi connectivity index (χ0v) is 11.8. The van der Waals surface area contributed by atoms with Crippen LogP contribution in [0.25, 0.3) is 0 Å². The van der Waals surface area contributed by atoms with Gasteiger partial charge in [0.25, 0.3) is 0 Å². The molecule has 0 aromatic rings. The summed E-state index contributed by atoms with van der Waals surface area (Å²) in [5, 5.41) is 3.60. The van der Waals surface area contributed by atoms with Crippen molar-refractivity contribution in [2.75, 3.05) is 13.1 Å². The molecule has 16 heavy (non-hydrogen) atoms. The average molecular weight is 226 g/mol. The molecule has 0 bridgehead atoms. The van der Waals surface area contributed by atoms with E-state index in [-0.39, 0.29) is 0 Å². The van der Waals surface area contributed by atoms with Crippen LogP contribution in [0.2, 0.25) is 0 Å². The normalized spacial score (nSPS) is 28.9. The number of nitrogens with zero attached hydrogens (tertiary/aromatic N) is 1. The molecule has 1 N–H and O–H groups in total. The van der Waals surface area contributed by atoms with Crippen molar-refractivity contribution in [1.29, 1.82) is 0 Å². The zero-order chi connectivity index (χ0) is 12.1. The first-order valence-electron chi connectivity index (χ1n) is 7.03. The van der Waals surface area contributed by atoms with Gasteiger partial charge in [0, 0.05) is 31.2 Å². The third-order valence-corrected chi connectivity index (χ3v) is 3.68. The molecule has 0 saturated carbocycles. The van der Waals surface area contributed by atoms with Crippen LogP contribution < -0.4 is 5.32 Å². The molecule has 1 aliphatic rings. The Kier molecular flexibility index (Phi) is 5.77. The third-order valence-electron chi connectivity index (χ3n) is 3.68. The van der Waals surface area contributed by atoms with Crippen LogP contribution in [-0.2, 0) is 0 Å². The van der Waals surface area contributed by atoms with E-state index >= 15 is 0 Å². The summed E-state index contributed by atoms with van der Waals surface area (Å²) in [6.07, 6.45) is 4.00. The van der Waals surface area contributed by atoms with Crippen LogP contribution in [0.15, 0.2) is 0 Å². The van der Waals surface area contributed by atoms with E-state index in [0.29, 0.717) is 6.04 Å². The van der Waals surface area contributed by atoms with Gasteiger partial charge in [-0.15, -0.1) is 0 Å². The van der Waals surface area contributed by atoms with Gasteiger partial charge in [0.2, 0.25) is 0 Å². The Bertz CT molecular complexity index is 191. The average Bonchev–Trinajstić information content (AvgIpc) is 2.52. The fourth-order valence-corrected chi connectivity index (χ4v) is 2.93. The summed E-state index contributed by atoms with van der Waals surface area (Å²) in [5.41, 5.74) is 0. The van der Waals surface area contributed by atoms with E-state index in [2.05, 4.69) is 44.8 Å². The van der Waals surface area contributed by atoms with Gasteiger partial charge in [0.15, 0.2) is 0 Å². The SMILES string of the molecule is CCCC(CNC(C)C)N1CC(C)CC1C. The molecule has 0 aliphatic carbocycles. The summed E-state index contributed by atoms with van der Waals surface area (Å²) in [6, 6.07) is 2.13. The Labute approximate surface area is 102 Å². The predicted molar refractivity (Wildman–Crippen MR) is 71.8 cm³/mol. The van der Waals surface area contributed by atoms with Crippen LogP contribution >= 0.6 is 0 Å². The summed E-state index contributed by atoms with van der Waals surface area (Å²) in [5.74, 6) is 0.883. The van der Waals surface area contributed by atoms with Crippen molar-refractivity contribution in [2.45, 2.75) is 72.0 Å². The monoisotopic (exact) mass is 226 g/mol. The molecule has 3 unspecified atom stereocenters. The van der Waals surface area contributed by atoms with Gasteiger partial charge in [-0.2, -0.15) is 0 Å². The van der Waals surface area contributed by atoms with Crippen LogP contribution in [-0.4, -0.2) is 36.1 Å². The minimum atomic E-state index is 0.606. The van der Waals surface area contributed by atoms with Crippen LogP contribution in [0.4, 0.5) is 0 Å². The van der Waals surface area contributed by atoms with E-state index < -0.39 is 0 Å². The van der Waals surface area contributed by atoms with E-state index in [1.807, 2.05) is 0 Å². The van der Waals surface area contributed by atoms with Crippen molar-refractivity contribution in [3.8, 4) is 0 Å². The first-order chi connectivity index (χ1) is 7.54. The van der Waals surface area contributed by atoms with Gasteiger partial charge in [-0.05, 0) is 25.7 Å². The molecule has 2 heteroatoms. The Balaban J connectivity index is 2.48.